The molecule has 2 aromatic carbocycles. The summed E-state index contributed by atoms with van der Waals surface area (Å²) in [5.74, 6) is 0.625. The van der Waals surface area contributed by atoms with Crippen molar-refractivity contribution in [2.45, 2.75) is 26.8 Å². The van der Waals surface area contributed by atoms with Crippen LogP contribution in [0.15, 0.2) is 42.5 Å². The molecular weight excluding hydrogens is 253 g/mol. The van der Waals surface area contributed by atoms with E-state index in [1.807, 2.05) is 31.2 Å². The molecule has 0 fully saturated rings. The third-order valence-electron chi connectivity index (χ3n) is 3.02. The lowest BCUT2D eigenvalue weighted by atomic mass is 10.2. The standard InChI is InChI=1S/C17H20FNO/c1-3-10-19-12-14-6-4-5-7-16(14)20-17-11-13(2)8-9-15(17)18/h4-9,11,19H,3,10,12H2,1-2H3. The quantitative estimate of drug-likeness (QED) is 0.786. The average Bonchev–Trinajstić information content (AvgIpc) is 2.45. The third kappa shape index (κ3) is 3.81. The Morgan fingerprint density at radius 1 is 1.10 bits per heavy atom. The van der Waals surface area contributed by atoms with Crippen LogP contribution in [0.2, 0.25) is 0 Å². The van der Waals surface area contributed by atoms with Crippen molar-refractivity contribution < 1.29 is 9.13 Å². The van der Waals surface area contributed by atoms with Gasteiger partial charge in [0.15, 0.2) is 11.6 Å². The molecule has 0 spiro atoms. The normalized spacial score (nSPS) is 10.6. The van der Waals surface area contributed by atoms with Gasteiger partial charge in [0, 0.05) is 12.1 Å². The van der Waals surface area contributed by atoms with Crippen molar-refractivity contribution in [1.82, 2.24) is 5.32 Å². The zero-order valence-electron chi connectivity index (χ0n) is 11.9. The summed E-state index contributed by atoms with van der Waals surface area (Å²) >= 11 is 0. The molecule has 0 aliphatic rings. The minimum Gasteiger partial charge on any atom is -0.454 e. The van der Waals surface area contributed by atoms with E-state index in [1.165, 1.54) is 6.07 Å². The summed E-state index contributed by atoms with van der Waals surface area (Å²) in [6, 6.07) is 12.6. The van der Waals surface area contributed by atoms with E-state index in [1.54, 1.807) is 12.1 Å². The minimum absolute atomic E-state index is 0.271. The van der Waals surface area contributed by atoms with Crippen molar-refractivity contribution in [2.24, 2.45) is 0 Å². The lowest BCUT2D eigenvalue weighted by Crippen LogP contribution is -2.14. The van der Waals surface area contributed by atoms with Crippen molar-refractivity contribution in [3.05, 3.63) is 59.4 Å². The summed E-state index contributed by atoms with van der Waals surface area (Å²) in [5.41, 5.74) is 2.00. The molecule has 0 heterocycles. The summed E-state index contributed by atoms with van der Waals surface area (Å²) in [4.78, 5) is 0. The molecule has 0 amide bonds. The topological polar surface area (TPSA) is 21.3 Å². The van der Waals surface area contributed by atoms with Crippen molar-refractivity contribution in [2.75, 3.05) is 6.54 Å². The maximum Gasteiger partial charge on any atom is 0.165 e. The number of halogens is 1. The van der Waals surface area contributed by atoms with Crippen molar-refractivity contribution in [3.63, 3.8) is 0 Å². The molecule has 0 saturated carbocycles. The first-order chi connectivity index (χ1) is 9.70. The first-order valence-electron chi connectivity index (χ1n) is 6.93. The number of aryl methyl sites for hydroxylation is 1. The van der Waals surface area contributed by atoms with Crippen LogP contribution in [0.1, 0.15) is 24.5 Å². The predicted molar refractivity (Wildman–Crippen MR) is 79.7 cm³/mol. The third-order valence-corrected chi connectivity index (χ3v) is 3.02. The van der Waals surface area contributed by atoms with Crippen LogP contribution < -0.4 is 10.1 Å². The van der Waals surface area contributed by atoms with Gasteiger partial charge < -0.3 is 10.1 Å². The van der Waals surface area contributed by atoms with E-state index in [4.69, 9.17) is 4.74 Å². The Labute approximate surface area is 119 Å². The average molecular weight is 273 g/mol. The monoisotopic (exact) mass is 273 g/mol. The number of hydrogen-bond acceptors (Lipinski definition) is 2. The van der Waals surface area contributed by atoms with E-state index in [0.29, 0.717) is 5.75 Å². The molecule has 0 bridgehead atoms. The lowest BCUT2D eigenvalue weighted by molar-refractivity contribution is 0.435. The van der Waals surface area contributed by atoms with Gasteiger partial charge in [0.25, 0.3) is 0 Å². The highest BCUT2D eigenvalue weighted by atomic mass is 19.1. The molecule has 2 nitrogen and oxygen atoms in total. The number of hydrogen-bond donors (Lipinski definition) is 1. The molecule has 1 N–H and O–H groups in total. The first-order valence-corrected chi connectivity index (χ1v) is 6.93. The molecule has 0 aliphatic heterocycles. The van der Waals surface area contributed by atoms with Gasteiger partial charge in [-0.1, -0.05) is 31.2 Å². The minimum atomic E-state index is -0.341. The van der Waals surface area contributed by atoms with Crippen LogP contribution >= 0.6 is 0 Å². The van der Waals surface area contributed by atoms with Gasteiger partial charge in [0.05, 0.1) is 0 Å². The Morgan fingerprint density at radius 3 is 2.70 bits per heavy atom. The number of benzene rings is 2. The van der Waals surface area contributed by atoms with Crippen LogP contribution in [-0.2, 0) is 6.54 Å². The molecule has 0 radical (unpaired) electrons. The maximum absolute atomic E-state index is 13.8. The fourth-order valence-electron chi connectivity index (χ4n) is 1.96. The van der Waals surface area contributed by atoms with Crippen LogP contribution in [0.5, 0.6) is 11.5 Å². The Balaban J connectivity index is 2.18. The summed E-state index contributed by atoms with van der Waals surface area (Å²) in [6.45, 7) is 5.71. The van der Waals surface area contributed by atoms with E-state index in [2.05, 4.69) is 12.2 Å². The van der Waals surface area contributed by atoms with Crippen LogP contribution in [-0.4, -0.2) is 6.54 Å². The molecule has 0 aliphatic carbocycles. The van der Waals surface area contributed by atoms with Gasteiger partial charge >= 0.3 is 0 Å². The fourth-order valence-corrected chi connectivity index (χ4v) is 1.96. The zero-order valence-corrected chi connectivity index (χ0v) is 11.9. The van der Waals surface area contributed by atoms with Crippen molar-refractivity contribution in [1.29, 1.82) is 0 Å². The number of para-hydroxylation sites is 1. The first kappa shape index (κ1) is 14.5. The van der Waals surface area contributed by atoms with Gasteiger partial charge in [0.2, 0.25) is 0 Å². The second kappa shape index (κ2) is 7.06. The van der Waals surface area contributed by atoms with E-state index in [9.17, 15) is 4.39 Å². The van der Waals surface area contributed by atoms with Gasteiger partial charge in [-0.25, -0.2) is 4.39 Å². The van der Waals surface area contributed by atoms with E-state index >= 15 is 0 Å². The van der Waals surface area contributed by atoms with E-state index in [-0.39, 0.29) is 11.6 Å². The van der Waals surface area contributed by atoms with Gasteiger partial charge in [0.1, 0.15) is 5.75 Å². The molecule has 2 aromatic rings. The Morgan fingerprint density at radius 2 is 1.90 bits per heavy atom. The summed E-state index contributed by atoms with van der Waals surface area (Å²) in [7, 11) is 0. The Bertz CT molecular complexity index is 569. The maximum atomic E-state index is 13.8. The number of nitrogens with one attached hydrogen (secondary N) is 1. The molecule has 0 aromatic heterocycles. The highest BCUT2D eigenvalue weighted by Crippen LogP contribution is 2.28. The second-order valence-electron chi connectivity index (χ2n) is 4.82. The van der Waals surface area contributed by atoms with Gasteiger partial charge in [-0.2, -0.15) is 0 Å². The van der Waals surface area contributed by atoms with Crippen LogP contribution in [0.25, 0.3) is 0 Å². The van der Waals surface area contributed by atoms with E-state index < -0.39 is 0 Å². The largest absolute Gasteiger partial charge is 0.454 e. The smallest absolute Gasteiger partial charge is 0.165 e. The second-order valence-corrected chi connectivity index (χ2v) is 4.82. The molecule has 0 unspecified atom stereocenters. The number of rotatable bonds is 6. The lowest BCUT2D eigenvalue weighted by Gasteiger charge is -2.12. The molecule has 0 saturated heterocycles. The molecule has 106 valence electrons. The van der Waals surface area contributed by atoms with Crippen molar-refractivity contribution in [3.8, 4) is 11.5 Å². The molecule has 3 heteroatoms. The van der Waals surface area contributed by atoms with Crippen LogP contribution in [0, 0.1) is 12.7 Å². The van der Waals surface area contributed by atoms with Crippen molar-refractivity contribution >= 4 is 0 Å². The van der Waals surface area contributed by atoms with Crippen LogP contribution in [0.4, 0.5) is 4.39 Å². The molecule has 0 atom stereocenters. The van der Waals surface area contributed by atoms with E-state index in [0.717, 1.165) is 30.6 Å². The Hall–Kier alpha value is -1.87. The predicted octanol–water partition coefficient (Wildman–Crippen LogP) is 4.43. The van der Waals surface area contributed by atoms with Gasteiger partial charge in [-0.3, -0.25) is 0 Å². The SMILES string of the molecule is CCCNCc1ccccc1Oc1cc(C)ccc1F. The van der Waals surface area contributed by atoms with Crippen LogP contribution in [0.3, 0.4) is 0 Å². The highest BCUT2D eigenvalue weighted by molar-refractivity contribution is 5.39. The molecular formula is C17H20FNO. The summed E-state index contributed by atoms with van der Waals surface area (Å²) in [6.07, 6.45) is 1.08. The molecule has 20 heavy (non-hydrogen) atoms. The number of ether oxygens (including phenoxy) is 1. The van der Waals surface area contributed by atoms with Gasteiger partial charge in [-0.15, -0.1) is 0 Å². The summed E-state index contributed by atoms with van der Waals surface area (Å²) < 4.78 is 19.5. The fraction of sp³-hybridized carbons (Fsp3) is 0.294. The summed E-state index contributed by atoms with van der Waals surface area (Å²) in [5, 5.41) is 3.33. The highest BCUT2D eigenvalue weighted by Gasteiger charge is 2.08. The zero-order chi connectivity index (χ0) is 14.4. The Kier molecular flexibility index (Phi) is 5.13. The van der Waals surface area contributed by atoms with Gasteiger partial charge in [-0.05, 0) is 43.7 Å². The molecule has 2 rings (SSSR count).